The van der Waals surface area contributed by atoms with Gasteiger partial charge in [-0.05, 0) is 73.7 Å². The number of ether oxygens (including phenoxy) is 3. The molecule has 1 N–H and O–H groups in total. The summed E-state index contributed by atoms with van der Waals surface area (Å²) in [5.74, 6) is -0.190. The Morgan fingerprint density at radius 3 is 2.41 bits per heavy atom. The van der Waals surface area contributed by atoms with E-state index < -0.39 is 17.1 Å². The van der Waals surface area contributed by atoms with Gasteiger partial charge in [0.1, 0.15) is 18.8 Å². The van der Waals surface area contributed by atoms with Crippen molar-refractivity contribution in [1.82, 2.24) is 0 Å². The van der Waals surface area contributed by atoms with Crippen molar-refractivity contribution in [3.8, 4) is 0 Å². The standard InChI is InChI=1S/C27H38O7/c1-15(28)33-19-7-9-25(3)18(12-19)5-6-21-20(25)8-10-26(4)24(17-11-23(30)32-14-17)22(34-16(2)29)13-27(21,26)31/h11,18-22,24,31H,5-10,12-14H2,1-4H3/t18?,19?,20?,21?,22?,24?,25-,26+,27?/m0/s1. The van der Waals surface area contributed by atoms with Gasteiger partial charge in [0.05, 0.1) is 5.60 Å². The van der Waals surface area contributed by atoms with Crippen molar-refractivity contribution >= 4 is 17.9 Å². The predicted molar refractivity (Wildman–Crippen MR) is 122 cm³/mol. The number of cyclic esters (lactones) is 1. The van der Waals surface area contributed by atoms with Crippen LogP contribution in [0, 0.1) is 34.5 Å². The van der Waals surface area contributed by atoms with Gasteiger partial charge in [-0.25, -0.2) is 4.79 Å². The van der Waals surface area contributed by atoms with Gasteiger partial charge in [0.2, 0.25) is 0 Å². The molecule has 1 aliphatic heterocycles. The zero-order valence-electron chi connectivity index (χ0n) is 20.8. The minimum absolute atomic E-state index is 0.000108. The Bertz CT molecular complexity index is 926. The number of aliphatic hydroxyl groups is 1. The highest BCUT2D eigenvalue weighted by molar-refractivity contribution is 5.85. The largest absolute Gasteiger partial charge is 0.463 e. The Labute approximate surface area is 201 Å². The van der Waals surface area contributed by atoms with Gasteiger partial charge in [0.15, 0.2) is 0 Å². The first-order chi connectivity index (χ1) is 16.0. The van der Waals surface area contributed by atoms with Gasteiger partial charge in [-0.2, -0.15) is 0 Å². The summed E-state index contributed by atoms with van der Waals surface area (Å²) in [5.41, 5.74) is -0.535. The predicted octanol–water partition coefficient (Wildman–Crippen LogP) is 3.72. The van der Waals surface area contributed by atoms with Crippen molar-refractivity contribution in [2.75, 3.05) is 6.61 Å². The van der Waals surface area contributed by atoms with Crippen molar-refractivity contribution in [1.29, 1.82) is 0 Å². The molecule has 5 rings (SSSR count). The number of fused-ring (bicyclic) bond motifs is 5. The summed E-state index contributed by atoms with van der Waals surface area (Å²) < 4.78 is 16.6. The normalized spacial score (nSPS) is 47.6. The minimum atomic E-state index is -0.978. The molecule has 1 heterocycles. The molecule has 4 aliphatic carbocycles. The summed E-state index contributed by atoms with van der Waals surface area (Å²) in [4.78, 5) is 35.4. The first-order valence-electron chi connectivity index (χ1n) is 12.9. The lowest BCUT2D eigenvalue weighted by molar-refractivity contribution is -0.210. The van der Waals surface area contributed by atoms with Crippen molar-refractivity contribution in [3.63, 3.8) is 0 Å². The second-order valence-electron chi connectivity index (χ2n) is 12.0. The number of rotatable bonds is 3. The van der Waals surface area contributed by atoms with E-state index in [0.717, 1.165) is 50.5 Å². The Kier molecular flexibility index (Phi) is 5.66. The molecule has 4 saturated carbocycles. The summed E-state index contributed by atoms with van der Waals surface area (Å²) in [7, 11) is 0. The van der Waals surface area contributed by atoms with Crippen LogP contribution in [-0.4, -0.2) is 47.4 Å². The van der Waals surface area contributed by atoms with Crippen molar-refractivity contribution in [3.05, 3.63) is 11.6 Å². The summed E-state index contributed by atoms with van der Waals surface area (Å²) in [6.45, 7) is 7.61. The molecule has 4 fully saturated rings. The molecule has 0 saturated heterocycles. The van der Waals surface area contributed by atoms with E-state index in [1.54, 1.807) is 6.08 Å². The maximum Gasteiger partial charge on any atom is 0.331 e. The molecule has 7 unspecified atom stereocenters. The maximum absolute atomic E-state index is 12.5. The second-order valence-corrected chi connectivity index (χ2v) is 12.0. The van der Waals surface area contributed by atoms with E-state index in [4.69, 9.17) is 14.2 Å². The maximum atomic E-state index is 12.5. The number of carbonyl (C=O) groups is 3. The Morgan fingerprint density at radius 2 is 1.76 bits per heavy atom. The van der Waals surface area contributed by atoms with E-state index in [2.05, 4.69) is 13.8 Å². The Hall–Kier alpha value is -1.89. The van der Waals surface area contributed by atoms with Crippen LogP contribution in [0.4, 0.5) is 0 Å². The van der Waals surface area contributed by atoms with Gasteiger partial charge in [-0.15, -0.1) is 0 Å². The lowest BCUT2D eigenvalue weighted by Gasteiger charge is -2.63. The van der Waals surface area contributed by atoms with Crippen LogP contribution < -0.4 is 0 Å². The van der Waals surface area contributed by atoms with Crippen molar-refractivity contribution in [2.24, 2.45) is 34.5 Å². The molecule has 5 aliphatic rings. The number of hydrogen-bond donors (Lipinski definition) is 1. The van der Waals surface area contributed by atoms with E-state index in [1.165, 1.54) is 13.8 Å². The van der Waals surface area contributed by atoms with Gasteiger partial charge < -0.3 is 19.3 Å². The Morgan fingerprint density at radius 1 is 1.03 bits per heavy atom. The van der Waals surface area contributed by atoms with Crippen LogP contribution in [0.25, 0.3) is 0 Å². The Balaban J connectivity index is 1.46. The monoisotopic (exact) mass is 474 g/mol. The highest BCUT2D eigenvalue weighted by atomic mass is 16.6. The van der Waals surface area contributed by atoms with Crippen molar-refractivity contribution in [2.45, 2.75) is 96.9 Å². The zero-order valence-corrected chi connectivity index (χ0v) is 20.8. The molecule has 0 aromatic rings. The lowest BCUT2D eigenvalue weighted by atomic mass is 9.43. The van der Waals surface area contributed by atoms with Gasteiger partial charge in [0, 0.05) is 37.7 Å². The number of carbonyl (C=O) groups excluding carboxylic acids is 3. The molecule has 0 amide bonds. The molecule has 7 heteroatoms. The molecule has 0 aromatic carbocycles. The molecule has 7 nitrogen and oxygen atoms in total. The van der Waals surface area contributed by atoms with Gasteiger partial charge in [-0.3, -0.25) is 9.59 Å². The van der Waals surface area contributed by atoms with E-state index in [-0.39, 0.29) is 47.9 Å². The third-order valence-corrected chi connectivity index (χ3v) is 10.5. The van der Waals surface area contributed by atoms with E-state index in [9.17, 15) is 19.5 Å². The van der Waals surface area contributed by atoms with Crippen LogP contribution >= 0.6 is 0 Å². The fourth-order valence-electron chi connectivity index (χ4n) is 9.08. The fourth-order valence-corrected chi connectivity index (χ4v) is 9.08. The number of esters is 3. The minimum Gasteiger partial charge on any atom is -0.463 e. The quantitative estimate of drug-likeness (QED) is 0.492. The van der Waals surface area contributed by atoms with Crippen LogP contribution in [0.15, 0.2) is 11.6 Å². The van der Waals surface area contributed by atoms with Crippen LogP contribution in [0.2, 0.25) is 0 Å². The summed E-state index contributed by atoms with van der Waals surface area (Å²) in [6.07, 6.45) is 7.98. The second kappa shape index (κ2) is 8.07. The van der Waals surface area contributed by atoms with E-state index in [1.807, 2.05) is 0 Å². The summed E-state index contributed by atoms with van der Waals surface area (Å²) >= 11 is 0. The highest BCUT2D eigenvalue weighted by Crippen LogP contribution is 2.70. The van der Waals surface area contributed by atoms with E-state index >= 15 is 0 Å². The molecule has 188 valence electrons. The third-order valence-electron chi connectivity index (χ3n) is 10.5. The van der Waals surface area contributed by atoms with E-state index in [0.29, 0.717) is 18.3 Å². The molecule has 34 heavy (non-hydrogen) atoms. The smallest absolute Gasteiger partial charge is 0.331 e. The highest BCUT2D eigenvalue weighted by Gasteiger charge is 2.71. The first kappa shape index (κ1) is 23.8. The van der Waals surface area contributed by atoms with Crippen LogP contribution in [-0.2, 0) is 28.6 Å². The average molecular weight is 475 g/mol. The first-order valence-corrected chi connectivity index (χ1v) is 12.9. The molecule has 0 radical (unpaired) electrons. The molecule has 0 aromatic heterocycles. The van der Waals surface area contributed by atoms with Crippen LogP contribution in [0.1, 0.15) is 79.1 Å². The molecular formula is C27H38O7. The van der Waals surface area contributed by atoms with Crippen LogP contribution in [0.5, 0.6) is 0 Å². The van der Waals surface area contributed by atoms with Gasteiger partial charge in [0.25, 0.3) is 0 Å². The summed E-state index contributed by atoms with van der Waals surface area (Å²) in [6, 6.07) is 0. The van der Waals surface area contributed by atoms with Gasteiger partial charge in [-0.1, -0.05) is 13.8 Å². The summed E-state index contributed by atoms with van der Waals surface area (Å²) in [5, 5.41) is 12.5. The third kappa shape index (κ3) is 3.44. The SMILES string of the molecule is CC(=O)OC1CC[C@@]2(C)C(CCC3C2CC[C@]2(C)C(C4=CC(=O)OC4)C(OC(C)=O)CC32O)C1. The molecule has 9 atom stereocenters. The lowest BCUT2D eigenvalue weighted by Crippen LogP contribution is -2.62. The fraction of sp³-hybridized carbons (Fsp3) is 0.815. The van der Waals surface area contributed by atoms with Crippen LogP contribution in [0.3, 0.4) is 0 Å². The topological polar surface area (TPSA) is 99.1 Å². The van der Waals surface area contributed by atoms with Crippen molar-refractivity contribution < 1.29 is 33.7 Å². The molecule has 0 spiro atoms. The van der Waals surface area contributed by atoms with Gasteiger partial charge >= 0.3 is 17.9 Å². The molecule has 0 bridgehead atoms. The average Bonchev–Trinajstić information content (AvgIpc) is 3.25. The zero-order chi connectivity index (χ0) is 24.5. The number of hydrogen-bond acceptors (Lipinski definition) is 7. The molecular weight excluding hydrogens is 436 g/mol.